The molecule has 6 rings (SSSR count). The quantitative estimate of drug-likeness (QED) is 0.295. The zero-order chi connectivity index (χ0) is 22.0. The van der Waals surface area contributed by atoms with Gasteiger partial charge in [0.15, 0.2) is 0 Å². The van der Waals surface area contributed by atoms with Gasteiger partial charge in [0.1, 0.15) is 11.6 Å². The van der Waals surface area contributed by atoms with E-state index >= 15 is 0 Å². The zero-order valence-electron chi connectivity index (χ0n) is 18.0. The number of aromatic nitrogens is 3. The summed E-state index contributed by atoms with van der Waals surface area (Å²) >= 11 is 0. The van der Waals surface area contributed by atoms with Crippen LogP contribution in [0.3, 0.4) is 0 Å². The summed E-state index contributed by atoms with van der Waals surface area (Å²) in [5, 5.41) is 1.12. The summed E-state index contributed by atoms with van der Waals surface area (Å²) in [5.41, 5.74) is 6.16. The highest BCUT2D eigenvalue weighted by molar-refractivity contribution is 5.85. The number of pyridine rings is 1. The maximum atomic E-state index is 5.21. The maximum Gasteiger partial charge on any atom is 0.146 e. The molecular weight excluding hydrogens is 402 g/mol. The van der Waals surface area contributed by atoms with Crippen molar-refractivity contribution in [1.29, 1.82) is 0 Å². The zero-order valence-corrected chi connectivity index (χ0v) is 18.0. The smallest absolute Gasteiger partial charge is 0.146 e. The first-order chi connectivity index (χ1) is 16.4. The van der Waals surface area contributed by atoms with E-state index in [4.69, 9.17) is 9.97 Å². The van der Waals surface area contributed by atoms with Crippen molar-refractivity contribution in [2.75, 3.05) is 0 Å². The highest BCUT2D eigenvalue weighted by Gasteiger charge is 2.23. The van der Waals surface area contributed by atoms with Gasteiger partial charge in [0, 0.05) is 22.1 Å². The average Bonchev–Trinajstić information content (AvgIpc) is 3.31. The van der Waals surface area contributed by atoms with Gasteiger partial charge in [-0.05, 0) is 18.2 Å². The van der Waals surface area contributed by atoms with Gasteiger partial charge in [0.2, 0.25) is 0 Å². The minimum atomic E-state index is 0.848. The normalized spacial score (nSPS) is 11.0. The van der Waals surface area contributed by atoms with Gasteiger partial charge in [-0.2, -0.15) is 0 Å². The molecule has 0 amide bonds. The van der Waals surface area contributed by atoms with Gasteiger partial charge in [-0.15, -0.1) is 0 Å². The van der Waals surface area contributed by atoms with Crippen LogP contribution in [-0.4, -0.2) is 14.5 Å². The Morgan fingerprint density at radius 1 is 0.455 bits per heavy atom. The third-order valence-electron chi connectivity index (χ3n) is 5.82. The van der Waals surface area contributed by atoms with Crippen molar-refractivity contribution >= 4 is 10.9 Å². The molecule has 0 aliphatic heterocycles. The minimum absolute atomic E-state index is 0.848. The predicted molar refractivity (Wildman–Crippen MR) is 135 cm³/mol. The molecule has 0 saturated carbocycles. The van der Waals surface area contributed by atoms with Crippen LogP contribution >= 0.6 is 0 Å². The van der Waals surface area contributed by atoms with Crippen molar-refractivity contribution in [3.63, 3.8) is 0 Å². The van der Waals surface area contributed by atoms with Crippen molar-refractivity contribution in [2.45, 2.75) is 0 Å². The van der Waals surface area contributed by atoms with Crippen LogP contribution in [0.4, 0.5) is 0 Å². The Hall–Kier alpha value is -4.50. The largest absolute Gasteiger partial charge is 0.276 e. The number of benzene rings is 4. The Morgan fingerprint density at radius 3 is 1.73 bits per heavy atom. The van der Waals surface area contributed by atoms with Crippen LogP contribution in [0.15, 0.2) is 127 Å². The van der Waals surface area contributed by atoms with Gasteiger partial charge < -0.3 is 0 Å². The van der Waals surface area contributed by atoms with Gasteiger partial charge in [0.25, 0.3) is 0 Å². The third-order valence-corrected chi connectivity index (χ3v) is 5.82. The second-order valence-electron chi connectivity index (χ2n) is 7.93. The Balaban J connectivity index is 1.72. The lowest BCUT2D eigenvalue weighted by Gasteiger charge is -2.13. The van der Waals surface area contributed by atoms with E-state index in [1.807, 2.05) is 42.5 Å². The number of nitrogens with zero attached hydrogens (tertiary/aromatic N) is 3. The van der Waals surface area contributed by atoms with Crippen molar-refractivity contribution in [3.8, 4) is 39.7 Å². The SMILES string of the molecule is c1ccc(-c2nc(-c3ccccc3)n(-c3ccc4ccccc4n3)c2-c2ccccc2)cc1. The molecule has 2 aromatic heterocycles. The summed E-state index contributed by atoms with van der Waals surface area (Å²) in [6.07, 6.45) is 0. The Morgan fingerprint density at radius 2 is 1.03 bits per heavy atom. The second-order valence-corrected chi connectivity index (χ2v) is 7.93. The van der Waals surface area contributed by atoms with E-state index in [2.05, 4.69) is 89.5 Å². The summed E-state index contributed by atoms with van der Waals surface area (Å²) < 4.78 is 2.19. The Labute approximate surface area is 192 Å². The van der Waals surface area contributed by atoms with Crippen molar-refractivity contribution in [2.24, 2.45) is 0 Å². The van der Waals surface area contributed by atoms with E-state index in [1.165, 1.54) is 0 Å². The molecule has 6 aromatic rings. The van der Waals surface area contributed by atoms with Gasteiger partial charge in [-0.1, -0.05) is 109 Å². The number of imidazole rings is 1. The molecule has 33 heavy (non-hydrogen) atoms. The number of rotatable bonds is 4. The molecule has 0 radical (unpaired) electrons. The Bertz CT molecular complexity index is 1540. The topological polar surface area (TPSA) is 30.7 Å². The first-order valence-corrected chi connectivity index (χ1v) is 11.0. The molecule has 3 nitrogen and oxygen atoms in total. The van der Waals surface area contributed by atoms with Crippen LogP contribution in [0.2, 0.25) is 0 Å². The summed E-state index contributed by atoms with van der Waals surface area (Å²) in [6, 6.07) is 43.6. The highest BCUT2D eigenvalue weighted by Crippen LogP contribution is 2.38. The van der Waals surface area contributed by atoms with Crippen LogP contribution < -0.4 is 0 Å². The van der Waals surface area contributed by atoms with Gasteiger partial charge in [-0.25, -0.2) is 9.97 Å². The lowest BCUT2D eigenvalue weighted by atomic mass is 10.0. The summed E-state index contributed by atoms with van der Waals surface area (Å²) in [4.78, 5) is 10.3. The predicted octanol–water partition coefficient (Wildman–Crippen LogP) is 7.42. The first-order valence-electron chi connectivity index (χ1n) is 11.0. The minimum Gasteiger partial charge on any atom is -0.276 e. The lowest BCUT2D eigenvalue weighted by molar-refractivity contribution is 1.02. The van der Waals surface area contributed by atoms with Crippen molar-refractivity contribution in [3.05, 3.63) is 127 Å². The molecular formula is C30H21N3. The number of fused-ring (bicyclic) bond motifs is 1. The molecule has 0 unspecified atom stereocenters. The van der Waals surface area contributed by atoms with Crippen LogP contribution in [0, 0.1) is 0 Å². The monoisotopic (exact) mass is 423 g/mol. The first kappa shape index (κ1) is 19.2. The van der Waals surface area contributed by atoms with E-state index in [9.17, 15) is 0 Å². The summed E-state index contributed by atoms with van der Waals surface area (Å²) in [5.74, 6) is 1.72. The van der Waals surface area contributed by atoms with Crippen LogP contribution in [0.25, 0.3) is 50.6 Å². The third kappa shape index (κ3) is 3.50. The highest BCUT2D eigenvalue weighted by atomic mass is 15.2. The lowest BCUT2D eigenvalue weighted by Crippen LogP contribution is -2.03. The standard InChI is InChI=1S/C30H21N3/c1-4-13-23(14-5-1)28-29(24-15-6-2-7-16-24)33(30(32-28)25-17-8-3-9-18-25)27-21-20-22-12-10-11-19-26(22)31-27/h1-21H. The van der Waals surface area contributed by atoms with Crippen LogP contribution in [0.5, 0.6) is 0 Å². The molecule has 0 N–H and O–H groups in total. The van der Waals surface area contributed by atoms with E-state index in [1.54, 1.807) is 0 Å². The van der Waals surface area contributed by atoms with E-state index in [0.29, 0.717) is 0 Å². The second kappa shape index (κ2) is 8.21. The summed E-state index contributed by atoms with van der Waals surface area (Å²) in [7, 11) is 0. The molecule has 0 fully saturated rings. The van der Waals surface area contributed by atoms with Gasteiger partial charge >= 0.3 is 0 Å². The number of hydrogen-bond acceptors (Lipinski definition) is 2. The molecule has 3 heteroatoms. The molecule has 0 bridgehead atoms. The number of hydrogen-bond donors (Lipinski definition) is 0. The molecule has 156 valence electrons. The van der Waals surface area contributed by atoms with Crippen LogP contribution in [0.1, 0.15) is 0 Å². The average molecular weight is 424 g/mol. The van der Waals surface area contributed by atoms with Gasteiger partial charge in [-0.3, -0.25) is 4.57 Å². The van der Waals surface area contributed by atoms with Crippen molar-refractivity contribution in [1.82, 2.24) is 14.5 Å². The molecule has 0 saturated heterocycles. The molecule has 0 aliphatic carbocycles. The summed E-state index contributed by atoms with van der Waals surface area (Å²) in [6.45, 7) is 0. The fraction of sp³-hybridized carbons (Fsp3) is 0. The number of para-hydroxylation sites is 1. The molecule has 4 aromatic carbocycles. The molecule has 0 aliphatic rings. The molecule has 0 atom stereocenters. The van der Waals surface area contributed by atoms with E-state index < -0.39 is 0 Å². The van der Waals surface area contributed by atoms with E-state index in [-0.39, 0.29) is 0 Å². The molecule has 0 spiro atoms. The fourth-order valence-corrected chi connectivity index (χ4v) is 4.26. The fourth-order valence-electron chi connectivity index (χ4n) is 4.26. The van der Waals surface area contributed by atoms with Gasteiger partial charge in [0.05, 0.1) is 16.9 Å². The maximum absolute atomic E-state index is 5.21. The van der Waals surface area contributed by atoms with E-state index in [0.717, 1.165) is 50.6 Å². The van der Waals surface area contributed by atoms with Crippen LogP contribution in [-0.2, 0) is 0 Å². The Kier molecular flexibility index (Phi) is 4.78. The molecule has 2 heterocycles. The van der Waals surface area contributed by atoms with Crippen molar-refractivity contribution < 1.29 is 0 Å².